The molecule has 0 amide bonds. The first-order valence-corrected chi connectivity index (χ1v) is 6.96. The Bertz CT molecular complexity index is 567. The maximum absolute atomic E-state index is 6.19. The Kier molecular flexibility index (Phi) is 2.80. The molecule has 0 fully saturated rings. The van der Waals surface area contributed by atoms with Crippen molar-refractivity contribution in [1.29, 1.82) is 0 Å². The second-order valence-corrected chi connectivity index (χ2v) is 5.16. The first kappa shape index (κ1) is 11.0. The fraction of sp³-hybridized carbons (Fsp3) is 0.364. The molecule has 6 heteroatoms. The zero-order valence-corrected chi connectivity index (χ0v) is 10.9. The predicted octanol–water partition coefficient (Wildman–Crippen LogP) is 2.76. The summed E-state index contributed by atoms with van der Waals surface area (Å²) in [4.78, 5) is 13.1. The number of rotatable bonds is 2. The standard InChI is InChI=1S/C11H11ClN4S/c1-2-16-6-13-3-9(16)11-14-8-5-17-4-7(8)10(12)15-11/h3,6H,2,4-5H2,1H3. The molecule has 1 aliphatic heterocycles. The molecule has 0 unspecified atom stereocenters. The summed E-state index contributed by atoms with van der Waals surface area (Å²) in [6, 6.07) is 0. The third kappa shape index (κ3) is 1.83. The van der Waals surface area contributed by atoms with Crippen molar-refractivity contribution in [2.75, 3.05) is 0 Å². The summed E-state index contributed by atoms with van der Waals surface area (Å²) in [6.45, 7) is 2.91. The van der Waals surface area contributed by atoms with Crippen molar-refractivity contribution < 1.29 is 0 Å². The maximum Gasteiger partial charge on any atom is 0.179 e. The number of aromatic nitrogens is 4. The fourth-order valence-electron chi connectivity index (χ4n) is 1.89. The molecule has 17 heavy (non-hydrogen) atoms. The van der Waals surface area contributed by atoms with E-state index in [-0.39, 0.29) is 0 Å². The SMILES string of the molecule is CCn1cncc1-c1nc(Cl)c2c(n1)CSC2. The molecule has 0 aromatic carbocycles. The van der Waals surface area contributed by atoms with E-state index in [1.807, 2.05) is 16.3 Å². The molecule has 88 valence electrons. The van der Waals surface area contributed by atoms with E-state index in [4.69, 9.17) is 11.6 Å². The third-order valence-corrected chi connectivity index (χ3v) is 4.09. The van der Waals surface area contributed by atoms with E-state index < -0.39 is 0 Å². The topological polar surface area (TPSA) is 43.6 Å². The van der Waals surface area contributed by atoms with Crippen molar-refractivity contribution in [3.63, 3.8) is 0 Å². The second kappa shape index (κ2) is 4.31. The molecular formula is C11H11ClN4S. The lowest BCUT2D eigenvalue weighted by molar-refractivity contribution is 0.763. The van der Waals surface area contributed by atoms with Crippen molar-refractivity contribution >= 4 is 23.4 Å². The van der Waals surface area contributed by atoms with Crippen molar-refractivity contribution in [2.24, 2.45) is 0 Å². The van der Waals surface area contributed by atoms with Crippen LogP contribution in [0.25, 0.3) is 11.5 Å². The van der Waals surface area contributed by atoms with Gasteiger partial charge in [0, 0.05) is 23.6 Å². The Balaban J connectivity index is 2.13. The summed E-state index contributed by atoms with van der Waals surface area (Å²) in [5, 5.41) is 0.582. The van der Waals surface area contributed by atoms with Crippen LogP contribution in [0.2, 0.25) is 5.15 Å². The van der Waals surface area contributed by atoms with Gasteiger partial charge in [0.05, 0.1) is 18.2 Å². The highest BCUT2D eigenvalue weighted by molar-refractivity contribution is 7.98. The first-order chi connectivity index (χ1) is 8.29. The molecular weight excluding hydrogens is 256 g/mol. The summed E-state index contributed by atoms with van der Waals surface area (Å²) in [5.41, 5.74) is 3.07. The minimum absolute atomic E-state index is 0.582. The van der Waals surface area contributed by atoms with E-state index >= 15 is 0 Å². The summed E-state index contributed by atoms with van der Waals surface area (Å²) in [6.07, 6.45) is 3.57. The molecule has 2 aromatic heterocycles. The fourth-order valence-corrected chi connectivity index (χ4v) is 3.26. The third-order valence-electron chi connectivity index (χ3n) is 2.81. The van der Waals surface area contributed by atoms with Gasteiger partial charge in [-0.15, -0.1) is 0 Å². The highest BCUT2D eigenvalue weighted by Gasteiger charge is 2.20. The van der Waals surface area contributed by atoms with Crippen LogP contribution < -0.4 is 0 Å². The van der Waals surface area contributed by atoms with Gasteiger partial charge in [-0.05, 0) is 6.92 Å². The number of fused-ring (bicyclic) bond motifs is 1. The Labute approximate surface area is 108 Å². The van der Waals surface area contributed by atoms with Gasteiger partial charge in [0.15, 0.2) is 5.82 Å². The molecule has 3 heterocycles. The van der Waals surface area contributed by atoms with Crippen molar-refractivity contribution in [1.82, 2.24) is 19.5 Å². The minimum Gasteiger partial charge on any atom is -0.328 e. The van der Waals surface area contributed by atoms with Gasteiger partial charge in [0.25, 0.3) is 0 Å². The van der Waals surface area contributed by atoms with E-state index in [2.05, 4.69) is 21.9 Å². The molecule has 1 aliphatic rings. The number of imidazole rings is 1. The van der Waals surface area contributed by atoms with E-state index in [0.717, 1.165) is 35.0 Å². The molecule has 0 N–H and O–H groups in total. The monoisotopic (exact) mass is 266 g/mol. The number of hydrogen-bond donors (Lipinski definition) is 0. The highest BCUT2D eigenvalue weighted by Crippen LogP contribution is 2.33. The van der Waals surface area contributed by atoms with Gasteiger partial charge >= 0.3 is 0 Å². The van der Waals surface area contributed by atoms with Crippen LogP contribution in [0.1, 0.15) is 18.2 Å². The normalized spacial score (nSPS) is 14.0. The summed E-state index contributed by atoms with van der Waals surface area (Å²) in [7, 11) is 0. The average molecular weight is 267 g/mol. The zero-order chi connectivity index (χ0) is 11.8. The van der Waals surface area contributed by atoms with Crippen LogP contribution in [-0.4, -0.2) is 19.5 Å². The van der Waals surface area contributed by atoms with Crippen LogP contribution >= 0.6 is 23.4 Å². The summed E-state index contributed by atoms with van der Waals surface area (Å²) < 4.78 is 2.01. The molecule has 3 rings (SSSR count). The predicted molar refractivity (Wildman–Crippen MR) is 68.9 cm³/mol. The molecule has 0 saturated carbocycles. The van der Waals surface area contributed by atoms with Crippen LogP contribution in [0.15, 0.2) is 12.5 Å². The van der Waals surface area contributed by atoms with Gasteiger partial charge in [0.2, 0.25) is 0 Å². The van der Waals surface area contributed by atoms with E-state index in [0.29, 0.717) is 11.0 Å². The molecule has 0 spiro atoms. The lowest BCUT2D eigenvalue weighted by Crippen LogP contribution is -2.02. The molecule has 2 aromatic rings. The molecule has 0 atom stereocenters. The number of nitrogens with zero attached hydrogens (tertiary/aromatic N) is 4. The van der Waals surface area contributed by atoms with Crippen LogP contribution in [0.5, 0.6) is 0 Å². The molecule has 0 bridgehead atoms. The van der Waals surface area contributed by atoms with Crippen LogP contribution in [-0.2, 0) is 18.1 Å². The molecule has 0 saturated heterocycles. The van der Waals surface area contributed by atoms with Crippen LogP contribution in [0, 0.1) is 0 Å². The van der Waals surface area contributed by atoms with Crippen molar-refractivity contribution in [3.05, 3.63) is 28.9 Å². The van der Waals surface area contributed by atoms with Gasteiger partial charge < -0.3 is 4.57 Å². The van der Waals surface area contributed by atoms with E-state index in [9.17, 15) is 0 Å². The quantitative estimate of drug-likeness (QED) is 0.784. The number of thioether (sulfide) groups is 1. The van der Waals surface area contributed by atoms with Gasteiger partial charge in [-0.25, -0.2) is 15.0 Å². The Hall–Kier alpha value is -1.07. The Morgan fingerprint density at radius 2 is 2.29 bits per heavy atom. The van der Waals surface area contributed by atoms with Crippen molar-refractivity contribution in [3.8, 4) is 11.5 Å². The number of aryl methyl sites for hydroxylation is 1. The van der Waals surface area contributed by atoms with Gasteiger partial charge in [-0.2, -0.15) is 11.8 Å². The smallest absolute Gasteiger partial charge is 0.179 e. The summed E-state index contributed by atoms with van der Waals surface area (Å²) in [5.74, 6) is 2.52. The largest absolute Gasteiger partial charge is 0.328 e. The van der Waals surface area contributed by atoms with Crippen LogP contribution in [0.4, 0.5) is 0 Å². The summed E-state index contributed by atoms with van der Waals surface area (Å²) >= 11 is 8.02. The lowest BCUT2D eigenvalue weighted by Gasteiger charge is -2.06. The molecule has 4 nitrogen and oxygen atoms in total. The van der Waals surface area contributed by atoms with E-state index in [1.54, 1.807) is 12.5 Å². The van der Waals surface area contributed by atoms with Gasteiger partial charge in [-0.3, -0.25) is 0 Å². The Morgan fingerprint density at radius 3 is 3.12 bits per heavy atom. The van der Waals surface area contributed by atoms with Crippen LogP contribution in [0.3, 0.4) is 0 Å². The molecule has 0 aliphatic carbocycles. The Morgan fingerprint density at radius 1 is 1.41 bits per heavy atom. The molecule has 0 radical (unpaired) electrons. The average Bonchev–Trinajstić information content (AvgIpc) is 2.96. The number of hydrogen-bond acceptors (Lipinski definition) is 4. The maximum atomic E-state index is 6.19. The van der Waals surface area contributed by atoms with Gasteiger partial charge in [0.1, 0.15) is 10.8 Å². The second-order valence-electron chi connectivity index (χ2n) is 3.82. The zero-order valence-electron chi connectivity index (χ0n) is 9.35. The minimum atomic E-state index is 0.582. The number of halogens is 1. The first-order valence-electron chi connectivity index (χ1n) is 5.43. The van der Waals surface area contributed by atoms with Crippen molar-refractivity contribution in [2.45, 2.75) is 25.0 Å². The lowest BCUT2D eigenvalue weighted by atomic mass is 10.2. The van der Waals surface area contributed by atoms with Gasteiger partial charge in [-0.1, -0.05) is 11.6 Å². The van der Waals surface area contributed by atoms with E-state index in [1.165, 1.54) is 0 Å². The highest BCUT2D eigenvalue weighted by atomic mass is 35.5.